The van der Waals surface area contributed by atoms with Crippen LogP contribution in [0.4, 0.5) is 4.39 Å². The monoisotopic (exact) mass is 498 g/mol. The third-order valence-electron chi connectivity index (χ3n) is 6.89. The van der Waals surface area contributed by atoms with Gasteiger partial charge in [0, 0.05) is 31.9 Å². The van der Waals surface area contributed by atoms with Gasteiger partial charge in [0.05, 0.1) is 6.54 Å². The molecule has 0 saturated carbocycles. The van der Waals surface area contributed by atoms with E-state index in [-0.39, 0.29) is 41.7 Å². The summed E-state index contributed by atoms with van der Waals surface area (Å²) in [7, 11) is 0. The number of fused-ring (bicyclic) bond motifs is 2. The molecule has 1 aromatic carbocycles. The van der Waals surface area contributed by atoms with E-state index in [0.717, 1.165) is 25.9 Å². The lowest BCUT2D eigenvalue weighted by Crippen LogP contribution is -2.65. The lowest BCUT2D eigenvalue weighted by molar-refractivity contribution is -0.0449. The van der Waals surface area contributed by atoms with Crippen LogP contribution in [0.25, 0.3) is 0 Å². The van der Waals surface area contributed by atoms with Crippen LogP contribution in [0.5, 0.6) is 5.75 Å². The van der Waals surface area contributed by atoms with E-state index in [4.69, 9.17) is 0 Å². The van der Waals surface area contributed by atoms with Crippen LogP contribution in [-0.2, 0) is 13.1 Å². The number of halogens is 1. The molecule has 2 aromatic rings. The van der Waals surface area contributed by atoms with Crippen LogP contribution in [0, 0.1) is 17.7 Å². The molecule has 2 atom stereocenters. The molecule has 0 bridgehead atoms. The van der Waals surface area contributed by atoms with E-state index in [1.54, 1.807) is 16.7 Å². The molecule has 0 radical (unpaired) electrons. The van der Waals surface area contributed by atoms with E-state index in [1.165, 1.54) is 18.3 Å². The summed E-state index contributed by atoms with van der Waals surface area (Å²) in [5.74, 6) is -1.32. The van der Waals surface area contributed by atoms with Crippen LogP contribution < -0.4 is 10.7 Å². The first-order valence-corrected chi connectivity index (χ1v) is 12.6. The molecule has 1 fully saturated rings. The van der Waals surface area contributed by atoms with E-state index in [9.17, 15) is 23.9 Å². The highest BCUT2D eigenvalue weighted by Crippen LogP contribution is 2.33. The Morgan fingerprint density at radius 1 is 1.14 bits per heavy atom. The Balaban J connectivity index is 1.66. The second-order valence-electron chi connectivity index (χ2n) is 10.7. The minimum Gasteiger partial charge on any atom is -0.503 e. The fourth-order valence-corrected chi connectivity index (χ4v) is 5.34. The maximum Gasteiger partial charge on any atom is 0.276 e. The summed E-state index contributed by atoms with van der Waals surface area (Å²) in [6.45, 7) is 10.6. The number of nitrogens with zero attached hydrogens (tertiary/aromatic N) is 3. The molecule has 0 spiro atoms. The molecular formula is C27H35FN4O4. The van der Waals surface area contributed by atoms with Crippen molar-refractivity contribution in [3.63, 3.8) is 0 Å². The highest BCUT2D eigenvalue weighted by molar-refractivity contribution is 5.99. The highest BCUT2D eigenvalue weighted by atomic mass is 19.1. The van der Waals surface area contributed by atoms with Crippen molar-refractivity contribution in [3.8, 4) is 5.75 Å². The van der Waals surface area contributed by atoms with Gasteiger partial charge < -0.3 is 19.9 Å². The van der Waals surface area contributed by atoms with Crippen molar-refractivity contribution in [2.24, 2.45) is 11.8 Å². The van der Waals surface area contributed by atoms with Crippen LogP contribution in [0.15, 0.2) is 35.3 Å². The molecule has 36 heavy (non-hydrogen) atoms. The average molecular weight is 499 g/mol. The number of hydrogen-bond donors (Lipinski definition) is 2. The van der Waals surface area contributed by atoms with E-state index < -0.39 is 17.1 Å². The number of aromatic hydroxyl groups is 1. The topological polar surface area (TPSA) is 94.9 Å². The van der Waals surface area contributed by atoms with Gasteiger partial charge in [-0.05, 0) is 42.4 Å². The first-order chi connectivity index (χ1) is 17.1. The summed E-state index contributed by atoms with van der Waals surface area (Å²) >= 11 is 0. The highest BCUT2D eigenvalue weighted by Gasteiger charge is 2.44. The molecule has 0 aliphatic carbocycles. The van der Waals surface area contributed by atoms with Crippen LogP contribution in [-0.4, -0.2) is 56.6 Å². The van der Waals surface area contributed by atoms with Crippen molar-refractivity contribution in [3.05, 3.63) is 63.3 Å². The molecule has 4 rings (SSSR count). The van der Waals surface area contributed by atoms with E-state index in [0.29, 0.717) is 23.9 Å². The molecule has 2 unspecified atom stereocenters. The van der Waals surface area contributed by atoms with Gasteiger partial charge in [0.15, 0.2) is 11.4 Å². The molecule has 2 N–H and O–H groups in total. The summed E-state index contributed by atoms with van der Waals surface area (Å²) in [4.78, 5) is 43.7. The predicted molar refractivity (Wildman–Crippen MR) is 134 cm³/mol. The van der Waals surface area contributed by atoms with Gasteiger partial charge in [-0.15, -0.1) is 0 Å². The van der Waals surface area contributed by atoms with Gasteiger partial charge >= 0.3 is 0 Å². The SMILES string of the molecule is CC(C)CC1CCN(CC(C)C)C2Cn3cc(C(=O)NCc4ccc(F)cc4)c(=O)c(O)c3C(=O)N12. The lowest BCUT2D eigenvalue weighted by Gasteiger charge is -2.52. The zero-order chi connectivity index (χ0) is 26.1. The predicted octanol–water partition coefficient (Wildman–Crippen LogP) is 3.18. The number of aromatic nitrogens is 1. The number of amides is 2. The fourth-order valence-electron chi connectivity index (χ4n) is 5.34. The quantitative estimate of drug-likeness (QED) is 0.612. The Hall–Kier alpha value is -3.20. The second kappa shape index (κ2) is 10.4. The second-order valence-corrected chi connectivity index (χ2v) is 10.7. The van der Waals surface area contributed by atoms with Gasteiger partial charge in [0.1, 0.15) is 17.5 Å². The number of hydrogen-bond acceptors (Lipinski definition) is 5. The summed E-state index contributed by atoms with van der Waals surface area (Å²) in [6, 6.07) is 5.68. The smallest absolute Gasteiger partial charge is 0.276 e. The first-order valence-electron chi connectivity index (χ1n) is 12.6. The van der Waals surface area contributed by atoms with E-state index >= 15 is 0 Å². The van der Waals surface area contributed by atoms with Gasteiger partial charge in [-0.25, -0.2) is 4.39 Å². The normalized spacial score (nSPS) is 20.0. The Labute approximate surface area is 210 Å². The Bertz CT molecular complexity index is 1190. The third kappa shape index (κ3) is 5.16. The standard InChI is InChI=1S/C27H35FN4O4/c1-16(2)11-20-9-10-30(13-17(3)4)22-15-31-14-21(24(33)25(34)23(31)27(36)32(20)22)26(35)29-12-18-5-7-19(28)8-6-18/h5-8,14,16-17,20,22,34H,9-13,15H2,1-4H3,(H,29,35). The van der Waals surface area contributed by atoms with Crippen molar-refractivity contribution >= 4 is 11.8 Å². The molecule has 194 valence electrons. The number of nitrogens with one attached hydrogen (secondary N) is 1. The van der Waals surface area contributed by atoms with E-state index in [2.05, 4.69) is 37.9 Å². The molecule has 3 heterocycles. The fraction of sp³-hybridized carbons (Fsp3) is 0.519. The molecule has 2 amide bonds. The van der Waals surface area contributed by atoms with Crippen LogP contribution in [0.2, 0.25) is 0 Å². The Morgan fingerprint density at radius 2 is 1.83 bits per heavy atom. The Morgan fingerprint density at radius 3 is 2.47 bits per heavy atom. The van der Waals surface area contributed by atoms with Crippen LogP contribution >= 0.6 is 0 Å². The number of rotatable bonds is 7. The number of benzene rings is 1. The Kier molecular flexibility index (Phi) is 7.49. The van der Waals surface area contributed by atoms with E-state index in [1.807, 2.05) is 4.90 Å². The minimum absolute atomic E-state index is 0.0212. The summed E-state index contributed by atoms with van der Waals surface area (Å²) in [5, 5.41) is 13.5. The molecule has 1 saturated heterocycles. The molecule has 2 aliphatic rings. The van der Waals surface area contributed by atoms with Gasteiger partial charge in [0.25, 0.3) is 11.8 Å². The average Bonchev–Trinajstić information content (AvgIpc) is 2.81. The molecule has 9 heteroatoms. The number of carbonyl (C=O) groups is 2. The molecular weight excluding hydrogens is 463 g/mol. The van der Waals surface area contributed by atoms with Crippen molar-refractivity contribution in [2.45, 2.75) is 65.8 Å². The summed E-state index contributed by atoms with van der Waals surface area (Å²) in [6.07, 6.45) is 2.84. The zero-order valence-electron chi connectivity index (χ0n) is 21.3. The van der Waals surface area contributed by atoms with Crippen LogP contribution in [0.1, 0.15) is 66.9 Å². The van der Waals surface area contributed by atoms with Crippen molar-refractivity contribution in [1.82, 2.24) is 19.7 Å². The molecule has 8 nitrogen and oxygen atoms in total. The lowest BCUT2D eigenvalue weighted by atomic mass is 9.94. The van der Waals surface area contributed by atoms with Gasteiger partial charge in [-0.2, -0.15) is 0 Å². The molecule has 2 aliphatic heterocycles. The third-order valence-corrected chi connectivity index (χ3v) is 6.89. The maximum absolute atomic E-state index is 13.7. The number of carbonyl (C=O) groups excluding carboxylic acids is 2. The van der Waals surface area contributed by atoms with Gasteiger partial charge in [0.2, 0.25) is 5.43 Å². The van der Waals surface area contributed by atoms with Crippen LogP contribution in [0.3, 0.4) is 0 Å². The number of pyridine rings is 1. The maximum atomic E-state index is 13.7. The summed E-state index contributed by atoms with van der Waals surface area (Å²) < 4.78 is 14.7. The van der Waals surface area contributed by atoms with Crippen molar-refractivity contribution in [1.29, 1.82) is 0 Å². The minimum atomic E-state index is -0.874. The van der Waals surface area contributed by atoms with Crippen molar-refractivity contribution in [2.75, 3.05) is 13.1 Å². The molecule has 1 aromatic heterocycles. The first kappa shape index (κ1) is 25.9. The zero-order valence-corrected chi connectivity index (χ0v) is 21.3. The van der Waals surface area contributed by atoms with Gasteiger partial charge in [-0.1, -0.05) is 39.8 Å². The summed E-state index contributed by atoms with van der Waals surface area (Å²) in [5.41, 5.74) is -0.502. The largest absolute Gasteiger partial charge is 0.503 e. The van der Waals surface area contributed by atoms with Crippen molar-refractivity contribution < 1.29 is 19.1 Å². The van der Waals surface area contributed by atoms with Gasteiger partial charge in [-0.3, -0.25) is 19.3 Å².